The summed E-state index contributed by atoms with van der Waals surface area (Å²) in [4.78, 5) is 162. The molecule has 0 aliphatic carbocycles. The zero-order chi connectivity index (χ0) is 84.4. The number of aryl methyl sites for hydroxylation is 4. The molecule has 0 radical (unpaired) electrons. The van der Waals surface area contributed by atoms with Crippen LogP contribution in [-0.2, 0) is 125 Å². The second kappa shape index (κ2) is 51.0. The number of hydrogen-bond donors (Lipinski definition) is 8. The van der Waals surface area contributed by atoms with Crippen molar-refractivity contribution in [1.29, 1.82) is 0 Å². The Balaban J connectivity index is 1.12. The van der Waals surface area contributed by atoms with Gasteiger partial charge in [-0.05, 0) is 126 Å². The van der Waals surface area contributed by atoms with Crippen LogP contribution in [0.3, 0.4) is 0 Å². The van der Waals surface area contributed by atoms with E-state index in [-0.39, 0.29) is 76.8 Å². The first-order valence-corrected chi connectivity index (χ1v) is 42.7. The molecule has 118 heavy (non-hydrogen) atoms. The van der Waals surface area contributed by atoms with Crippen LogP contribution in [0.2, 0.25) is 0 Å². The number of hydrazine groups is 1. The van der Waals surface area contributed by atoms with Crippen molar-refractivity contribution in [3.63, 3.8) is 0 Å². The van der Waals surface area contributed by atoms with Crippen molar-refractivity contribution in [2.75, 3.05) is 51.6 Å². The molecule has 630 valence electrons. The minimum absolute atomic E-state index is 0.0146. The van der Waals surface area contributed by atoms with Crippen LogP contribution >= 0.6 is 11.8 Å². The molecule has 23 nitrogen and oxygen atoms in total. The average Bonchev–Trinajstić information content (AvgIpc) is 1.22. The molecular formula is C94H118N8O15S. The molecule has 11 atom stereocenters. The fourth-order valence-electron chi connectivity index (χ4n) is 13.8. The Labute approximate surface area is 698 Å². The number of rotatable bonds is 45. The molecule has 7 aromatic rings. The second-order valence-corrected chi connectivity index (χ2v) is 31.5. The van der Waals surface area contributed by atoms with Crippen LogP contribution in [0.1, 0.15) is 136 Å². The molecule has 1 heterocycles. The van der Waals surface area contributed by atoms with Crippen molar-refractivity contribution in [1.82, 2.24) is 42.8 Å². The Morgan fingerprint density at radius 2 is 1.00 bits per heavy atom. The van der Waals surface area contributed by atoms with Gasteiger partial charge in [-0.3, -0.25) is 53.4 Å². The van der Waals surface area contributed by atoms with E-state index in [9.17, 15) is 24.0 Å². The lowest BCUT2D eigenvalue weighted by Gasteiger charge is -2.29. The van der Waals surface area contributed by atoms with Gasteiger partial charge in [0.2, 0.25) is 35.4 Å². The molecule has 1 aliphatic heterocycles. The third-order valence-electron chi connectivity index (χ3n) is 21.5. The van der Waals surface area contributed by atoms with Gasteiger partial charge in [0.1, 0.15) is 30.5 Å². The third-order valence-corrected chi connectivity index (χ3v) is 22.1. The van der Waals surface area contributed by atoms with Crippen molar-refractivity contribution in [3.05, 3.63) is 250 Å². The first kappa shape index (κ1) is 93.0. The zero-order valence-electron chi connectivity index (χ0n) is 68.9. The summed E-state index contributed by atoms with van der Waals surface area (Å²) < 4.78 is 24.2. The Kier molecular flexibility index (Phi) is 40.2. The molecule has 7 aromatic carbocycles. The van der Waals surface area contributed by atoms with Gasteiger partial charge in [0.25, 0.3) is 0 Å². The number of carbonyl (C=O) groups is 11. The van der Waals surface area contributed by atoms with Gasteiger partial charge in [0, 0.05) is 63.5 Å². The van der Waals surface area contributed by atoms with E-state index in [1.165, 1.54) is 17.3 Å². The van der Waals surface area contributed by atoms with Crippen LogP contribution in [0.4, 0.5) is 4.79 Å². The molecule has 1 aliphatic rings. The topological polar surface area (TPSA) is 321 Å². The first-order valence-electron chi connectivity index (χ1n) is 41.3. The highest BCUT2D eigenvalue weighted by molar-refractivity contribution is 7.98. The highest BCUT2D eigenvalue weighted by Crippen LogP contribution is 2.23. The first-order chi connectivity index (χ1) is 57.1. The molecule has 1 saturated heterocycles. The molecule has 0 aromatic heterocycles. The average molecular weight is 1630 g/mol. The summed E-state index contributed by atoms with van der Waals surface area (Å²) in [5, 5.41) is 17.2. The van der Waals surface area contributed by atoms with Crippen molar-refractivity contribution in [2.45, 2.75) is 180 Å². The summed E-state index contributed by atoms with van der Waals surface area (Å²) >= 11 is 1.45. The van der Waals surface area contributed by atoms with Gasteiger partial charge in [-0.25, -0.2) is 10.2 Å². The van der Waals surface area contributed by atoms with E-state index in [1.54, 1.807) is 31.2 Å². The maximum atomic E-state index is 15.8. The van der Waals surface area contributed by atoms with Crippen LogP contribution in [0.25, 0.3) is 0 Å². The second-order valence-electron chi connectivity index (χ2n) is 30.6. The van der Waals surface area contributed by atoms with Crippen LogP contribution < -0.4 is 42.8 Å². The Bertz CT molecular complexity index is 4280. The number of amides is 8. The minimum atomic E-state index is -1.60. The van der Waals surface area contributed by atoms with Crippen molar-refractivity contribution in [2.24, 2.45) is 29.6 Å². The van der Waals surface area contributed by atoms with Crippen LogP contribution in [0.15, 0.2) is 200 Å². The van der Waals surface area contributed by atoms with Crippen LogP contribution in [-0.4, -0.2) is 153 Å². The van der Waals surface area contributed by atoms with E-state index in [2.05, 4.69) is 67.0 Å². The highest BCUT2D eigenvalue weighted by Gasteiger charge is 2.39. The fourth-order valence-corrected chi connectivity index (χ4v) is 14.3. The summed E-state index contributed by atoms with van der Waals surface area (Å²) in [6.45, 7) is 8.21. The van der Waals surface area contributed by atoms with Gasteiger partial charge in [-0.2, -0.15) is 11.8 Å². The molecular weight excluding hydrogens is 1510 g/mol. The SMILES string of the molecule is CCC(C)[C@@H]1NC(=O)[C@H](Cc2ccccc2)NC(=O)[C@H](Cc2ccc(CCc3ccccc3)cc2)NC(=O)[C@@H](CC(=O)[C@@H](NC(=O)[C@H](COCc2ccccc2)CC(=O)[C@H](Cc2ccc(CCc3ccccc3)cc2)NC(=O)COCCOCCCC(=O)[C@@H](C)CC)C(C)OCc2ccccc2)CNC(=O)NNC(=O)[C@H](CCSC)CC1=O. The van der Waals surface area contributed by atoms with Gasteiger partial charge in [0.15, 0.2) is 17.3 Å². The minimum Gasteiger partial charge on any atom is -0.379 e. The van der Waals surface area contributed by atoms with E-state index in [0.717, 1.165) is 47.9 Å². The highest BCUT2D eigenvalue weighted by atomic mass is 32.2. The van der Waals surface area contributed by atoms with E-state index < -0.39 is 145 Å². The van der Waals surface area contributed by atoms with Crippen molar-refractivity contribution < 1.29 is 71.7 Å². The lowest BCUT2D eigenvalue weighted by atomic mass is 9.88. The smallest absolute Gasteiger partial charge is 0.333 e. The Morgan fingerprint density at radius 1 is 0.500 bits per heavy atom. The van der Waals surface area contributed by atoms with Gasteiger partial charge in [-0.15, -0.1) is 0 Å². The number of benzene rings is 7. The Morgan fingerprint density at radius 3 is 1.56 bits per heavy atom. The largest absolute Gasteiger partial charge is 0.379 e. The number of hydrogen-bond acceptors (Lipinski definition) is 16. The molecule has 2 unspecified atom stereocenters. The maximum absolute atomic E-state index is 15.8. The van der Waals surface area contributed by atoms with Gasteiger partial charge < -0.3 is 50.8 Å². The zero-order valence-corrected chi connectivity index (χ0v) is 69.7. The molecule has 24 heteroatoms. The van der Waals surface area contributed by atoms with E-state index in [0.29, 0.717) is 60.3 Å². The summed E-state index contributed by atoms with van der Waals surface area (Å²) in [7, 11) is 0. The lowest BCUT2D eigenvalue weighted by Crippen LogP contribution is -2.58. The van der Waals surface area contributed by atoms with E-state index in [4.69, 9.17) is 18.9 Å². The quantitative estimate of drug-likeness (QED) is 0.0165. The van der Waals surface area contributed by atoms with E-state index in [1.807, 2.05) is 186 Å². The van der Waals surface area contributed by atoms with Gasteiger partial charge in [-0.1, -0.05) is 234 Å². The standard InChI is InChI=1S/C94H118N8O15S/c1-7-64(3)82(103)35-24-49-114-50-51-115-63-86(107)96-79(53-72-44-40-69(41-45-72)38-36-67-25-14-9-15-26-67)83(104)58-78(62-116-60-74-31-20-12-21-32-74)90(109)100-88(66(5)117-61-75-33-22-13-23-34-75)85(106)57-77-59-95-94(113)102-101-91(110)76(48-52-118-6)56-84(105)87(65(4)8-2)99-93(112)81(54-71-29-18-11-19-30-71)98-92(111)80(97-89(77)108)55-73-46-42-70(43-47-73)39-37-68-27-16-10-17-28-68/h9-23,25-34,40-47,64-66,76-81,87-88H,7-8,24,35-39,48-63H2,1-6H3,(H,96,107)(H,97,108)(H,98,111)(H,99,112)(H,100,109)(H,101,110)(H2,95,102,113)/t64-,65?,66?,76+,77-,78-,79-,80-,81-,87-,88-/m0/s1. The van der Waals surface area contributed by atoms with E-state index >= 15 is 28.8 Å². The van der Waals surface area contributed by atoms with Crippen molar-refractivity contribution >= 4 is 76.4 Å². The maximum Gasteiger partial charge on any atom is 0.333 e. The molecule has 0 bridgehead atoms. The molecule has 8 N–H and O–H groups in total. The lowest BCUT2D eigenvalue weighted by molar-refractivity contribution is -0.139. The predicted octanol–water partition coefficient (Wildman–Crippen LogP) is 10.8. The van der Waals surface area contributed by atoms with Gasteiger partial charge in [0.05, 0.1) is 63.1 Å². The monoisotopic (exact) mass is 1630 g/mol. The number of carbonyl (C=O) groups excluding carboxylic acids is 11. The van der Waals surface area contributed by atoms with Crippen LogP contribution in [0, 0.1) is 29.6 Å². The number of ether oxygens (including phenoxy) is 4. The number of ketones is 4. The predicted molar refractivity (Wildman–Crippen MR) is 456 cm³/mol. The Hall–Kier alpha value is -10.5. The molecule has 1 fully saturated rings. The summed E-state index contributed by atoms with van der Waals surface area (Å²) in [6.07, 6.45) is 4.30. The summed E-state index contributed by atoms with van der Waals surface area (Å²) in [5.41, 5.74) is 12.6. The fraction of sp³-hybridized carbons (Fsp3) is 0.436. The van der Waals surface area contributed by atoms with Crippen molar-refractivity contribution in [3.8, 4) is 0 Å². The number of Topliss-reactive ketones (excluding diaryl/α,β-unsaturated/α-hetero) is 4. The molecule has 0 saturated carbocycles. The normalized spacial score (nSPS) is 18.0. The summed E-state index contributed by atoms with van der Waals surface area (Å²) in [6, 6.07) is 54.9. The molecule has 8 amide bonds. The number of nitrogens with one attached hydrogen (secondary N) is 8. The number of thioether (sulfide) groups is 1. The summed E-state index contributed by atoms with van der Waals surface area (Å²) in [5.74, 6) is -10.0. The van der Waals surface area contributed by atoms with Crippen LogP contribution in [0.5, 0.6) is 0 Å². The molecule has 8 rings (SSSR count). The van der Waals surface area contributed by atoms with Gasteiger partial charge >= 0.3 is 6.03 Å². The molecule has 0 spiro atoms. The third kappa shape index (κ3) is 32.8. The number of urea groups is 1.